The van der Waals surface area contributed by atoms with Crippen molar-refractivity contribution in [2.75, 3.05) is 17.2 Å². The van der Waals surface area contributed by atoms with Crippen molar-refractivity contribution in [1.29, 1.82) is 0 Å². The average Bonchev–Trinajstić information content (AvgIpc) is 3.74. The summed E-state index contributed by atoms with van der Waals surface area (Å²) in [6.07, 6.45) is 0.917. The van der Waals surface area contributed by atoms with E-state index in [0.717, 1.165) is 89.5 Å². The van der Waals surface area contributed by atoms with E-state index in [2.05, 4.69) is 132 Å². The van der Waals surface area contributed by atoms with Crippen molar-refractivity contribution in [2.45, 2.75) is 25.7 Å². The maximum Gasteiger partial charge on any atom is 0.149 e. The van der Waals surface area contributed by atoms with Crippen molar-refractivity contribution in [1.82, 2.24) is 25.3 Å². The van der Waals surface area contributed by atoms with Crippen LogP contribution in [0.1, 0.15) is 35.4 Å². The van der Waals surface area contributed by atoms with Gasteiger partial charge in [0.15, 0.2) is 0 Å². The summed E-state index contributed by atoms with van der Waals surface area (Å²) in [6.45, 7) is 3.17. The van der Waals surface area contributed by atoms with Gasteiger partial charge in [-0.25, -0.2) is 0 Å². The lowest BCUT2D eigenvalue weighted by Crippen LogP contribution is -2.46. The van der Waals surface area contributed by atoms with Crippen LogP contribution in [0.2, 0.25) is 0 Å². The van der Waals surface area contributed by atoms with Crippen molar-refractivity contribution in [3.8, 4) is 44.8 Å². The molecule has 50 heavy (non-hydrogen) atoms. The highest BCUT2D eigenvalue weighted by molar-refractivity contribution is 7.20. The van der Waals surface area contributed by atoms with Crippen LogP contribution in [0.4, 0.5) is 11.4 Å². The monoisotopic (exact) mass is 685 g/mol. The van der Waals surface area contributed by atoms with Gasteiger partial charge in [-0.05, 0) is 17.5 Å². The standard InChI is InChI=1S/C41H31N7S2/c1-2-23-48-38-36-34(30-28(24-15-7-3-8-16-24)32(44-46-40(30)49-36)26-19-11-5-12-20-26)42-39(48)37-35(43-38)31-29(25-17-9-4-10-18-25)33(45-47-41(31)50-37)27-21-13-6-14-22-27/h3-22,38-39,42-43H,2,23H2,1H3/t38-,39-/m0/s1. The summed E-state index contributed by atoms with van der Waals surface area (Å²) in [5.74, 6) is 0. The summed E-state index contributed by atoms with van der Waals surface area (Å²) in [4.78, 5) is 6.86. The van der Waals surface area contributed by atoms with Crippen LogP contribution in [0.3, 0.4) is 0 Å². The van der Waals surface area contributed by atoms with E-state index in [1.165, 1.54) is 9.75 Å². The molecule has 0 saturated heterocycles. The number of hydrogen-bond donors (Lipinski definition) is 2. The molecular formula is C41H31N7S2. The molecule has 6 heterocycles. The predicted molar refractivity (Wildman–Crippen MR) is 206 cm³/mol. The van der Waals surface area contributed by atoms with Crippen molar-refractivity contribution in [3.63, 3.8) is 0 Å². The van der Waals surface area contributed by atoms with Gasteiger partial charge in [0.1, 0.15) is 33.4 Å². The zero-order valence-electron chi connectivity index (χ0n) is 27.2. The molecule has 4 aromatic carbocycles. The third-order valence-electron chi connectivity index (χ3n) is 9.71. The van der Waals surface area contributed by atoms with Crippen LogP contribution in [0.15, 0.2) is 121 Å². The number of rotatable bonds is 6. The Morgan fingerprint density at radius 1 is 0.520 bits per heavy atom. The van der Waals surface area contributed by atoms with E-state index < -0.39 is 0 Å². The highest BCUT2D eigenvalue weighted by atomic mass is 32.1. The van der Waals surface area contributed by atoms with Crippen LogP contribution in [-0.2, 0) is 0 Å². The lowest BCUT2D eigenvalue weighted by molar-refractivity contribution is 0.153. The molecule has 2 atom stereocenters. The Morgan fingerprint density at radius 2 is 0.900 bits per heavy atom. The molecule has 8 aromatic rings. The number of anilines is 2. The van der Waals surface area contributed by atoms with Crippen molar-refractivity contribution < 1.29 is 0 Å². The fourth-order valence-corrected chi connectivity index (χ4v) is 9.91. The third-order valence-corrected chi connectivity index (χ3v) is 12.0. The first kappa shape index (κ1) is 29.4. The summed E-state index contributed by atoms with van der Waals surface area (Å²) in [7, 11) is 0. The Labute approximate surface area is 297 Å². The lowest BCUT2D eigenvalue weighted by atomic mass is 9.94. The summed E-state index contributed by atoms with van der Waals surface area (Å²) in [6, 6.07) is 42.0. The van der Waals surface area contributed by atoms with Gasteiger partial charge in [0, 0.05) is 39.6 Å². The van der Waals surface area contributed by atoms with Crippen LogP contribution in [0.5, 0.6) is 0 Å². The first-order valence-electron chi connectivity index (χ1n) is 16.9. The zero-order valence-corrected chi connectivity index (χ0v) is 28.8. The van der Waals surface area contributed by atoms with E-state index in [4.69, 9.17) is 20.4 Å². The van der Waals surface area contributed by atoms with Crippen LogP contribution in [0, 0.1) is 0 Å². The molecule has 9 heteroatoms. The minimum Gasteiger partial charge on any atom is -0.363 e. The number of hydrogen-bond acceptors (Lipinski definition) is 9. The molecule has 0 unspecified atom stereocenters. The Kier molecular flexibility index (Phi) is 6.97. The molecule has 4 aromatic heterocycles. The van der Waals surface area contributed by atoms with Crippen LogP contribution >= 0.6 is 22.7 Å². The Morgan fingerprint density at radius 3 is 1.28 bits per heavy atom. The van der Waals surface area contributed by atoms with Crippen LogP contribution in [0.25, 0.3) is 65.2 Å². The second-order valence-corrected chi connectivity index (χ2v) is 14.7. The number of nitrogens with zero attached hydrogens (tertiary/aromatic N) is 5. The summed E-state index contributed by atoms with van der Waals surface area (Å²) in [5, 5.41) is 30.0. The van der Waals surface area contributed by atoms with Gasteiger partial charge < -0.3 is 10.6 Å². The maximum absolute atomic E-state index is 4.89. The van der Waals surface area contributed by atoms with Crippen LogP contribution < -0.4 is 10.6 Å². The number of benzene rings is 4. The lowest BCUT2D eigenvalue weighted by Gasteiger charge is -2.46. The summed E-state index contributed by atoms with van der Waals surface area (Å²) >= 11 is 3.46. The average molecular weight is 686 g/mol. The van der Waals surface area contributed by atoms with Gasteiger partial charge in [-0.3, -0.25) is 4.90 Å². The molecule has 0 spiro atoms. The van der Waals surface area contributed by atoms with Crippen LogP contribution in [-0.4, -0.2) is 31.8 Å². The van der Waals surface area contributed by atoms with Crippen molar-refractivity contribution in [2.24, 2.45) is 0 Å². The van der Waals surface area contributed by atoms with Gasteiger partial charge in [-0.15, -0.1) is 43.1 Å². The smallest absolute Gasteiger partial charge is 0.149 e. The SMILES string of the molecule is CCCN1[C@@H]2Nc3c(sc4nnc(-c5ccccc5)c(-c5ccccc5)c34)[C@H]1Nc1c2sc2nnc(-c3ccccc3)c(-c3ccccc3)c12. The minimum absolute atomic E-state index is 0.0542. The summed E-state index contributed by atoms with van der Waals surface area (Å²) < 4.78 is 0. The van der Waals surface area contributed by atoms with Gasteiger partial charge in [0.25, 0.3) is 0 Å². The highest BCUT2D eigenvalue weighted by Crippen LogP contribution is 2.58. The molecule has 2 aliphatic rings. The highest BCUT2D eigenvalue weighted by Gasteiger charge is 2.45. The molecule has 2 bridgehead atoms. The Hall–Kier alpha value is -5.48. The zero-order chi connectivity index (χ0) is 33.2. The molecule has 10 rings (SSSR count). The number of thiophene rings is 2. The van der Waals surface area contributed by atoms with Gasteiger partial charge in [-0.2, -0.15) is 0 Å². The molecule has 0 fully saturated rings. The van der Waals surface area contributed by atoms with E-state index in [1.807, 2.05) is 12.1 Å². The second-order valence-electron chi connectivity index (χ2n) is 12.7. The number of aromatic nitrogens is 4. The number of fused-ring (bicyclic) bond motifs is 10. The molecule has 0 saturated carbocycles. The molecule has 0 aliphatic carbocycles. The van der Waals surface area contributed by atoms with Crippen molar-refractivity contribution >= 4 is 54.5 Å². The van der Waals surface area contributed by atoms with E-state index in [1.54, 1.807) is 22.7 Å². The molecule has 2 aliphatic heterocycles. The molecule has 7 nitrogen and oxygen atoms in total. The first-order valence-corrected chi connectivity index (χ1v) is 18.6. The van der Waals surface area contributed by atoms with Crippen molar-refractivity contribution in [3.05, 3.63) is 131 Å². The van der Waals surface area contributed by atoms with Gasteiger partial charge in [-0.1, -0.05) is 128 Å². The maximum atomic E-state index is 4.89. The summed E-state index contributed by atoms with van der Waals surface area (Å²) in [5.41, 5.74) is 10.6. The van der Waals surface area contributed by atoms with Gasteiger partial charge in [0.2, 0.25) is 0 Å². The first-order chi connectivity index (χ1) is 24.8. The van der Waals surface area contributed by atoms with E-state index in [-0.39, 0.29) is 12.3 Å². The Balaban J connectivity index is 1.22. The molecule has 2 N–H and O–H groups in total. The fraction of sp³-hybridized carbons (Fsp3) is 0.122. The topological polar surface area (TPSA) is 78.9 Å². The van der Waals surface area contributed by atoms with E-state index >= 15 is 0 Å². The molecular weight excluding hydrogens is 655 g/mol. The second kappa shape index (κ2) is 11.8. The van der Waals surface area contributed by atoms with Gasteiger partial charge >= 0.3 is 0 Å². The third kappa shape index (κ3) is 4.51. The van der Waals surface area contributed by atoms with E-state index in [0.29, 0.717) is 0 Å². The quantitative estimate of drug-likeness (QED) is 0.180. The normalized spacial score (nSPS) is 16.5. The van der Waals surface area contributed by atoms with Gasteiger partial charge in [0.05, 0.1) is 21.1 Å². The molecule has 242 valence electrons. The minimum atomic E-state index is -0.0542. The predicted octanol–water partition coefficient (Wildman–Crippen LogP) is 10.6. The Bertz CT molecular complexity index is 2340. The van der Waals surface area contributed by atoms with E-state index in [9.17, 15) is 0 Å². The molecule has 0 amide bonds. The fourth-order valence-electron chi connectivity index (χ4n) is 7.58. The molecule has 0 radical (unpaired) electrons. The number of nitrogens with one attached hydrogen (secondary N) is 2. The largest absolute Gasteiger partial charge is 0.363 e.